The molecule has 0 aliphatic heterocycles. The Kier molecular flexibility index (Phi) is 7.18. The summed E-state index contributed by atoms with van der Waals surface area (Å²) < 4.78 is 0. The number of hydrogen-bond acceptors (Lipinski definition) is 4. The van der Waals surface area contributed by atoms with Crippen LogP contribution in [0.25, 0.3) is 11.1 Å². The van der Waals surface area contributed by atoms with Gasteiger partial charge in [-0.2, -0.15) is 0 Å². The topological polar surface area (TPSA) is 83.6 Å². The molecule has 3 N–H and O–H groups in total. The lowest BCUT2D eigenvalue weighted by molar-refractivity contribution is -0.128. The largest absolute Gasteiger partial charge is 0.393 e. The van der Waals surface area contributed by atoms with Crippen LogP contribution < -0.4 is 5.73 Å². The molecule has 154 valence electrons. The molecule has 29 heavy (non-hydrogen) atoms. The van der Waals surface area contributed by atoms with Gasteiger partial charge < -0.3 is 15.7 Å². The summed E-state index contributed by atoms with van der Waals surface area (Å²) in [5.41, 5.74) is 9.29. The number of nitrogens with two attached hydrogens (primary N) is 1. The number of carbonyl (C=O) groups is 2. The second-order valence-corrected chi connectivity index (χ2v) is 8.03. The Morgan fingerprint density at radius 1 is 1.03 bits per heavy atom. The maximum atomic E-state index is 12.6. The molecule has 0 saturated heterocycles. The van der Waals surface area contributed by atoms with E-state index in [9.17, 15) is 14.7 Å². The Bertz CT molecular complexity index is 839. The Balaban J connectivity index is 1.64. The van der Waals surface area contributed by atoms with E-state index >= 15 is 0 Å². The fourth-order valence-corrected chi connectivity index (χ4v) is 3.94. The molecule has 5 nitrogen and oxygen atoms in total. The maximum Gasteiger partial charge on any atom is 0.236 e. The number of aliphatic hydroxyl groups excluding tert-OH is 1. The molecular weight excluding hydrogens is 364 g/mol. The van der Waals surface area contributed by atoms with Crippen molar-refractivity contribution in [1.29, 1.82) is 0 Å². The summed E-state index contributed by atoms with van der Waals surface area (Å²) in [6.45, 7) is 0.518. The predicted octanol–water partition coefficient (Wildman–Crippen LogP) is 3.39. The molecule has 0 radical (unpaired) electrons. The summed E-state index contributed by atoms with van der Waals surface area (Å²) in [5.74, 6) is 0.467. The van der Waals surface area contributed by atoms with E-state index in [1.807, 2.05) is 42.5 Å². The van der Waals surface area contributed by atoms with E-state index < -0.39 is 0 Å². The van der Waals surface area contributed by atoms with Gasteiger partial charge in [0.15, 0.2) is 5.78 Å². The average Bonchev–Trinajstić information content (AvgIpc) is 2.75. The summed E-state index contributed by atoms with van der Waals surface area (Å²) in [6, 6.07) is 15.8. The Labute approximate surface area is 172 Å². The first-order chi connectivity index (χ1) is 14.0. The maximum absolute atomic E-state index is 12.6. The van der Waals surface area contributed by atoms with Gasteiger partial charge in [0, 0.05) is 25.6 Å². The van der Waals surface area contributed by atoms with Gasteiger partial charge in [-0.3, -0.25) is 9.59 Å². The first-order valence-electron chi connectivity index (χ1n) is 10.3. The SMILES string of the molecule is CN(Cc1cccc(-c2ccc(C(=O)CC3CCC(O)CC3)cc2)c1)C(=O)CN. The molecule has 1 fully saturated rings. The number of nitrogens with zero attached hydrogens (tertiary/aromatic N) is 1. The van der Waals surface area contributed by atoms with E-state index in [1.165, 1.54) is 0 Å². The molecule has 1 aliphatic carbocycles. The summed E-state index contributed by atoms with van der Waals surface area (Å²) in [6.07, 6.45) is 3.84. The van der Waals surface area contributed by atoms with Gasteiger partial charge in [0.2, 0.25) is 5.91 Å². The number of carbonyl (C=O) groups excluding carboxylic acids is 2. The molecule has 5 heteroatoms. The summed E-state index contributed by atoms with van der Waals surface area (Å²) in [5, 5.41) is 9.61. The fourth-order valence-electron chi connectivity index (χ4n) is 3.94. The van der Waals surface area contributed by atoms with E-state index in [2.05, 4.69) is 6.07 Å². The van der Waals surface area contributed by atoms with Gasteiger partial charge in [0.25, 0.3) is 0 Å². The number of amides is 1. The summed E-state index contributed by atoms with van der Waals surface area (Å²) in [7, 11) is 1.75. The Morgan fingerprint density at radius 3 is 2.38 bits per heavy atom. The quantitative estimate of drug-likeness (QED) is 0.705. The van der Waals surface area contributed by atoms with Crippen molar-refractivity contribution in [3.63, 3.8) is 0 Å². The van der Waals surface area contributed by atoms with Crippen molar-refractivity contribution in [3.8, 4) is 11.1 Å². The average molecular weight is 395 g/mol. The zero-order valence-electron chi connectivity index (χ0n) is 17.0. The van der Waals surface area contributed by atoms with Crippen molar-refractivity contribution in [3.05, 3.63) is 59.7 Å². The minimum atomic E-state index is -0.190. The normalized spacial score (nSPS) is 19.0. The monoisotopic (exact) mass is 394 g/mol. The number of rotatable bonds is 7. The molecule has 0 unspecified atom stereocenters. The number of hydrogen-bond donors (Lipinski definition) is 2. The first-order valence-corrected chi connectivity index (χ1v) is 10.3. The Hall–Kier alpha value is -2.50. The molecule has 2 aromatic rings. The smallest absolute Gasteiger partial charge is 0.236 e. The van der Waals surface area contributed by atoms with Gasteiger partial charge in [0.1, 0.15) is 0 Å². The van der Waals surface area contributed by atoms with Crippen LogP contribution in [-0.2, 0) is 11.3 Å². The summed E-state index contributed by atoms with van der Waals surface area (Å²) in [4.78, 5) is 25.9. The molecule has 0 spiro atoms. The number of likely N-dealkylation sites (N-methyl/N-ethyl adjacent to an activating group) is 1. The highest BCUT2D eigenvalue weighted by Crippen LogP contribution is 2.28. The highest BCUT2D eigenvalue weighted by Gasteiger charge is 2.22. The van der Waals surface area contributed by atoms with Gasteiger partial charge >= 0.3 is 0 Å². The molecule has 3 rings (SSSR count). The molecule has 1 aliphatic rings. The summed E-state index contributed by atoms with van der Waals surface area (Å²) >= 11 is 0. The van der Waals surface area contributed by atoms with Gasteiger partial charge in [-0.1, -0.05) is 42.5 Å². The molecule has 0 atom stereocenters. The van der Waals surface area contributed by atoms with Crippen LogP contribution in [0, 0.1) is 5.92 Å². The van der Waals surface area contributed by atoms with Crippen molar-refractivity contribution in [1.82, 2.24) is 4.90 Å². The highest BCUT2D eigenvalue weighted by atomic mass is 16.3. The molecule has 1 saturated carbocycles. The molecule has 0 aromatic heterocycles. The van der Waals surface area contributed by atoms with Gasteiger partial charge in [-0.05, 0) is 54.4 Å². The van der Waals surface area contributed by atoms with Gasteiger partial charge in [-0.15, -0.1) is 0 Å². The van der Waals surface area contributed by atoms with Crippen molar-refractivity contribution in [2.45, 2.75) is 44.8 Å². The van der Waals surface area contributed by atoms with Crippen molar-refractivity contribution < 1.29 is 14.7 Å². The van der Waals surface area contributed by atoms with E-state index in [0.717, 1.165) is 47.9 Å². The van der Waals surface area contributed by atoms with Crippen LogP contribution in [0.2, 0.25) is 0 Å². The minimum absolute atomic E-state index is 0.00706. The van der Waals surface area contributed by atoms with Crippen molar-refractivity contribution >= 4 is 11.7 Å². The number of benzene rings is 2. The van der Waals surface area contributed by atoms with Crippen molar-refractivity contribution in [2.75, 3.05) is 13.6 Å². The van der Waals surface area contributed by atoms with Gasteiger partial charge in [0.05, 0.1) is 12.6 Å². The van der Waals surface area contributed by atoms with Crippen LogP contribution in [0.4, 0.5) is 0 Å². The zero-order valence-corrected chi connectivity index (χ0v) is 17.0. The van der Waals surface area contributed by atoms with Gasteiger partial charge in [-0.25, -0.2) is 0 Å². The molecule has 2 aromatic carbocycles. The highest BCUT2D eigenvalue weighted by molar-refractivity contribution is 5.96. The second kappa shape index (κ2) is 9.81. The number of Topliss-reactive ketones (excluding diaryl/α,β-unsaturated/α-hetero) is 1. The van der Waals surface area contributed by atoms with Crippen LogP contribution in [0.3, 0.4) is 0 Å². The molecule has 0 heterocycles. The van der Waals surface area contributed by atoms with E-state index in [-0.39, 0.29) is 24.3 Å². The van der Waals surface area contributed by atoms with Crippen LogP contribution in [0.15, 0.2) is 48.5 Å². The third-order valence-corrected chi connectivity index (χ3v) is 5.78. The lowest BCUT2D eigenvalue weighted by Gasteiger charge is -2.24. The van der Waals surface area contributed by atoms with Crippen LogP contribution in [0.1, 0.15) is 48.0 Å². The van der Waals surface area contributed by atoms with Crippen LogP contribution in [-0.4, -0.2) is 41.4 Å². The third-order valence-electron chi connectivity index (χ3n) is 5.78. The lowest BCUT2D eigenvalue weighted by atomic mass is 9.83. The number of aliphatic hydroxyl groups is 1. The molecule has 0 bridgehead atoms. The van der Waals surface area contributed by atoms with E-state index in [1.54, 1.807) is 11.9 Å². The van der Waals surface area contributed by atoms with E-state index in [4.69, 9.17) is 5.73 Å². The zero-order chi connectivity index (χ0) is 20.8. The van der Waals surface area contributed by atoms with Crippen LogP contribution in [0.5, 0.6) is 0 Å². The first kappa shape index (κ1) is 21.2. The third kappa shape index (κ3) is 5.75. The predicted molar refractivity (Wildman–Crippen MR) is 114 cm³/mol. The lowest BCUT2D eigenvalue weighted by Crippen LogP contribution is -2.32. The van der Waals surface area contributed by atoms with Crippen LogP contribution >= 0.6 is 0 Å². The molecular formula is C24H30N2O3. The molecule has 1 amide bonds. The van der Waals surface area contributed by atoms with Crippen molar-refractivity contribution in [2.24, 2.45) is 11.7 Å². The van der Waals surface area contributed by atoms with E-state index in [0.29, 0.717) is 18.9 Å². The Morgan fingerprint density at radius 2 is 1.72 bits per heavy atom. The fraction of sp³-hybridized carbons (Fsp3) is 0.417. The second-order valence-electron chi connectivity index (χ2n) is 8.03. The standard InChI is InChI=1S/C24H30N2O3/c1-26(24(29)15-25)16-18-3-2-4-21(13-18)19-7-9-20(10-8-19)23(28)14-17-5-11-22(27)12-6-17/h2-4,7-10,13,17,22,27H,5-6,11-12,14-16,25H2,1H3. The minimum Gasteiger partial charge on any atom is -0.393 e. The number of ketones is 1.